The number of rotatable bonds is 6. The molecule has 3 aromatic rings. The Morgan fingerprint density at radius 1 is 1.27 bits per heavy atom. The summed E-state index contributed by atoms with van der Waals surface area (Å²) in [6.07, 6.45) is 8.51. The van der Waals surface area contributed by atoms with E-state index in [2.05, 4.69) is 15.2 Å². The number of carbonyl (C=O) groups excluding carboxylic acids is 2. The Morgan fingerprint density at radius 2 is 2.10 bits per heavy atom. The molecular formula is C22H26N6O2. The Morgan fingerprint density at radius 3 is 2.87 bits per heavy atom. The van der Waals surface area contributed by atoms with Gasteiger partial charge in [-0.05, 0) is 18.4 Å². The van der Waals surface area contributed by atoms with E-state index in [1.54, 1.807) is 41.4 Å². The summed E-state index contributed by atoms with van der Waals surface area (Å²) < 4.78 is 1.77. The van der Waals surface area contributed by atoms with Gasteiger partial charge >= 0.3 is 0 Å². The van der Waals surface area contributed by atoms with Crippen LogP contribution >= 0.6 is 0 Å². The topological polar surface area (TPSA) is 87.1 Å². The number of H-pyrrole nitrogens is 1. The first kappa shape index (κ1) is 19.9. The number of imidazole rings is 1. The molecule has 156 valence electrons. The Kier molecular flexibility index (Phi) is 5.92. The zero-order valence-corrected chi connectivity index (χ0v) is 17.1. The van der Waals surface area contributed by atoms with Crippen LogP contribution in [0.15, 0.2) is 55.2 Å². The lowest BCUT2D eigenvalue weighted by Gasteiger charge is -2.33. The van der Waals surface area contributed by atoms with Crippen molar-refractivity contribution in [2.75, 3.05) is 20.1 Å². The molecule has 8 heteroatoms. The molecule has 0 unspecified atom stereocenters. The number of nitrogens with zero attached hydrogens (tertiary/aromatic N) is 5. The highest BCUT2D eigenvalue weighted by Crippen LogP contribution is 2.28. The second-order valence-corrected chi connectivity index (χ2v) is 7.76. The smallest absolute Gasteiger partial charge is 0.257 e. The number of nitrogens with one attached hydrogen (secondary N) is 1. The molecule has 4 rings (SSSR count). The summed E-state index contributed by atoms with van der Waals surface area (Å²) in [6.45, 7) is 2.12. The molecule has 1 aromatic carbocycles. The Hall–Kier alpha value is -3.42. The summed E-state index contributed by atoms with van der Waals surface area (Å²) in [7, 11) is 1.80. The first-order chi connectivity index (χ1) is 14.6. The van der Waals surface area contributed by atoms with Crippen molar-refractivity contribution in [3.63, 3.8) is 0 Å². The van der Waals surface area contributed by atoms with Gasteiger partial charge in [0.25, 0.3) is 5.91 Å². The third kappa shape index (κ3) is 4.42. The van der Waals surface area contributed by atoms with Crippen molar-refractivity contribution in [1.82, 2.24) is 29.5 Å². The Balaban J connectivity index is 1.44. The number of hydrogen-bond donors (Lipinski definition) is 1. The highest BCUT2D eigenvalue weighted by molar-refractivity contribution is 5.95. The van der Waals surface area contributed by atoms with Crippen LogP contribution in [-0.4, -0.2) is 61.5 Å². The van der Waals surface area contributed by atoms with Gasteiger partial charge in [-0.3, -0.25) is 14.7 Å². The predicted molar refractivity (Wildman–Crippen MR) is 112 cm³/mol. The van der Waals surface area contributed by atoms with Gasteiger partial charge in [0.15, 0.2) is 0 Å². The summed E-state index contributed by atoms with van der Waals surface area (Å²) >= 11 is 0. The van der Waals surface area contributed by atoms with Crippen molar-refractivity contribution in [3.8, 4) is 0 Å². The van der Waals surface area contributed by atoms with Gasteiger partial charge in [0.1, 0.15) is 6.54 Å². The van der Waals surface area contributed by atoms with Crippen LogP contribution < -0.4 is 0 Å². The average molecular weight is 406 g/mol. The highest BCUT2D eigenvalue weighted by Gasteiger charge is 2.29. The molecule has 1 aliphatic heterocycles. The molecule has 1 saturated heterocycles. The van der Waals surface area contributed by atoms with E-state index in [-0.39, 0.29) is 24.3 Å². The molecule has 0 aliphatic carbocycles. The van der Waals surface area contributed by atoms with E-state index in [9.17, 15) is 9.59 Å². The van der Waals surface area contributed by atoms with Crippen molar-refractivity contribution >= 4 is 11.8 Å². The lowest BCUT2D eigenvalue weighted by atomic mass is 9.92. The van der Waals surface area contributed by atoms with E-state index >= 15 is 0 Å². The molecular weight excluding hydrogens is 380 g/mol. The Bertz CT molecular complexity index is 982. The summed E-state index contributed by atoms with van der Waals surface area (Å²) in [6, 6.07) is 9.90. The number of aromatic amines is 1. The van der Waals surface area contributed by atoms with Crippen molar-refractivity contribution in [2.24, 2.45) is 0 Å². The lowest BCUT2D eigenvalue weighted by molar-refractivity contribution is -0.133. The fourth-order valence-electron chi connectivity index (χ4n) is 3.99. The maximum atomic E-state index is 13.1. The van der Waals surface area contributed by atoms with Gasteiger partial charge in [-0.1, -0.05) is 30.3 Å². The summed E-state index contributed by atoms with van der Waals surface area (Å²) in [5, 5.41) is 7.18. The zero-order chi connectivity index (χ0) is 20.9. The van der Waals surface area contributed by atoms with Crippen LogP contribution in [0, 0.1) is 0 Å². The standard InChI is InChI=1S/C22H26N6O2/c1-26(13-17-6-3-2-4-7-17)22(30)19-12-24-25-21(19)18-8-5-10-28(14-18)20(29)15-27-11-9-23-16-27/h2-4,6-7,9,11-12,16,18H,5,8,10,13-15H2,1H3,(H,24,25)/t18-/m0/s1. The molecule has 1 fully saturated rings. The number of piperidine rings is 1. The fourth-order valence-corrected chi connectivity index (χ4v) is 3.99. The lowest BCUT2D eigenvalue weighted by Crippen LogP contribution is -2.41. The quantitative estimate of drug-likeness (QED) is 0.680. The maximum Gasteiger partial charge on any atom is 0.257 e. The van der Waals surface area contributed by atoms with E-state index in [4.69, 9.17) is 0 Å². The minimum absolute atomic E-state index is 0.0614. The summed E-state index contributed by atoms with van der Waals surface area (Å²) in [5.74, 6) is 0.0628. The number of aromatic nitrogens is 4. The molecule has 2 amide bonds. The van der Waals surface area contributed by atoms with Gasteiger partial charge in [0.2, 0.25) is 5.91 Å². The number of carbonyl (C=O) groups is 2. The minimum Gasteiger partial charge on any atom is -0.340 e. The van der Waals surface area contributed by atoms with Crippen LogP contribution in [0.25, 0.3) is 0 Å². The third-order valence-electron chi connectivity index (χ3n) is 5.57. The van der Waals surface area contributed by atoms with Crippen LogP contribution in [0.2, 0.25) is 0 Å². The fraction of sp³-hybridized carbons (Fsp3) is 0.364. The number of likely N-dealkylation sites (tertiary alicyclic amines) is 1. The molecule has 1 aliphatic rings. The normalized spacial score (nSPS) is 16.4. The monoisotopic (exact) mass is 406 g/mol. The van der Waals surface area contributed by atoms with Crippen LogP contribution in [0.3, 0.4) is 0 Å². The van der Waals surface area contributed by atoms with E-state index < -0.39 is 0 Å². The van der Waals surface area contributed by atoms with Gasteiger partial charge in [-0.15, -0.1) is 0 Å². The molecule has 0 bridgehead atoms. The summed E-state index contributed by atoms with van der Waals surface area (Å²) in [5.41, 5.74) is 2.48. The van der Waals surface area contributed by atoms with Crippen molar-refractivity contribution in [3.05, 3.63) is 72.1 Å². The van der Waals surface area contributed by atoms with E-state index in [0.717, 1.165) is 30.6 Å². The van der Waals surface area contributed by atoms with Crippen LogP contribution in [-0.2, 0) is 17.9 Å². The number of benzene rings is 1. The molecule has 1 N–H and O–H groups in total. The molecule has 1 atom stereocenters. The van der Waals surface area contributed by atoms with E-state index in [1.807, 2.05) is 35.2 Å². The molecule has 0 spiro atoms. The number of amides is 2. The first-order valence-electron chi connectivity index (χ1n) is 10.2. The second-order valence-electron chi connectivity index (χ2n) is 7.76. The van der Waals surface area contributed by atoms with Crippen LogP contribution in [0.1, 0.15) is 40.4 Å². The van der Waals surface area contributed by atoms with Crippen molar-refractivity contribution in [1.29, 1.82) is 0 Å². The Labute approximate surface area is 175 Å². The zero-order valence-electron chi connectivity index (χ0n) is 17.1. The highest BCUT2D eigenvalue weighted by atomic mass is 16.2. The molecule has 0 saturated carbocycles. The predicted octanol–water partition coefficient (Wildman–Crippen LogP) is 2.28. The molecule has 30 heavy (non-hydrogen) atoms. The maximum absolute atomic E-state index is 13.1. The van der Waals surface area contributed by atoms with Gasteiger partial charge < -0.3 is 14.4 Å². The van der Waals surface area contributed by atoms with Crippen LogP contribution in [0.4, 0.5) is 0 Å². The van der Waals surface area contributed by atoms with E-state index in [1.165, 1.54) is 0 Å². The second kappa shape index (κ2) is 8.94. The molecule has 2 aromatic heterocycles. The van der Waals surface area contributed by atoms with Crippen molar-refractivity contribution in [2.45, 2.75) is 31.8 Å². The largest absolute Gasteiger partial charge is 0.340 e. The van der Waals surface area contributed by atoms with Gasteiger partial charge in [-0.25, -0.2) is 4.98 Å². The molecule has 8 nitrogen and oxygen atoms in total. The molecule has 3 heterocycles. The van der Waals surface area contributed by atoms with Gasteiger partial charge in [0.05, 0.1) is 23.8 Å². The van der Waals surface area contributed by atoms with Gasteiger partial charge in [-0.2, -0.15) is 5.10 Å². The third-order valence-corrected chi connectivity index (χ3v) is 5.57. The van der Waals surface area contributed by atoms with E-state index in [0.29, 0.717) is 18.7 Å². The minimum atomic E-state index is -0.0653. The molecule has 0 radical (unpaired) electrons. The number of hydrogen-bond acceptors (Lipinski definition) is 4. The summed E-state index contributed by atoms with van der Waals surface area (Å²) in [4.78, 5) is 33.3. The SMILES string of the molecule is CN(Cc1ccccc1)C(=O)c1cn[nH]c1[C@H]1CCCN(C(=O)Cn2ccnc2)C1. The first-order valence-corrected chi connectivity index (χ1v) is 10.2. The van der Waals surface area contributed by atoms with Crippen molar-refractivity contribution < 1.29 is 9.59 Å². The van der Waals surface area contributed by atoms with Crippen LogP contribution in [0.5, 0.6) is 0 Å². The van der Waals surface area contributed by atoms with Gasteiger partial charge in [0, 0.05) is 45.0 Å². The average Bonchev–Trinajstić information content (AvgIpc) is 3.46.